The second kappa shape index (κ2) is 5.37. The van der Waals surface area contributed by atoms with Crippen molar-refractivity contribution in [3.8, 4) is 0 Å². The maximum absolute atomic E-state index is 5.35. The lowest BCUT2D eigenvalue weighted by atomic mass is 10.0. The summed E-state index contributed by atoms with van der Waals surface area (Å²) in [5, 5.41) is 0. The third kappa shape index (κ3) is 3.09. The van der Waals surface area contributed by atoms with E-state index in [1.165, 1.54) is 11.1 Å². The predicted octanol–water partition coefficient (Wildman–Crippen LogP) is 3.77. The third-order valence-electron chi connectivity index (χ3n) is 3.35. The standard InChI is InChI=1S/C17H17NO/c1-13-17(19-13)12-18-16-10-6-5-9-15(16)11-14-7-3-2-4-8-14/h2-10,12-13,17H,11H2,1H3/t13-,17-/m0/s1. The molecule has 2 aromatic carbocycles. The molecular formula is C17H17NO. The molecule has 0 saturated carbocycles. The number of para-hydroxylation sites is 1. The Morgan fingerprint density at radius 1 is 1.05 bits per heavy atom. The van der Waals surface area contributed by atoms with Crippen LogP contribution < -0.4 is 0 Å². The van der Waals surface area contributed by atoms with Gasteiger partial charge >= 0.3 is 0 Å². The van der Waals surface area contributed by atoms with Crippen LogP contribution in [0.4, 0.5) is 5.69 Å². The number of aliphatic imine (C=N–C) groups is 1. The number of hydrogen-bond donors (Lipinski definition) is 0. The molecule has 0 N–H and O–H groups in total. The van der Waals surface area contributed by atoms with Gasteiger partial charge in [0.2, 0.25) is 0 Å². The monoisotopic (exact) mass is 251 g/mol. The normalized spacial score (nSPS) is 21.7. The van der Waals surface area contributed by atoms with E-state index in [0.717, 1.165) is 12.1 Å². The summed E-state index contributed by atoms with van der Waals surface area (Å²) in [6.07, 6.45) is 3.35. The van der Waals surface area contributed by atoms with Crippen molar-refractivity contribution in [3.63, 3.8) is 0 Å². The quantitative estimate of drug-likeness (QED) is 0.599. The van der Waals surface area contributed by atoms with E-state index in [1.807, 2.05) is 18.3 Å². The summed E-state index contributed by atoms with van der Waals surface area (Å²) < 4.78 is 5.35. The Hall–Kier alpha value is -1.93. The zero-order chi connectivity index (χ0) is 13.1. The lowest BCUT2D eigenvalue weighted by Gasteiger charge is -2.05. The molecule has 0 aliphatic carbocycles. The highest BCUT2D eigenvalue weighted by Gasteiger charge is 2.32. The molecule has 3 rings (SSSR count). The summed E-state index contributed by atoms with van der Waals surface area (Å²) in [5.41, 5.74) is 3.59. The predicted molar refractivity (Wildman–Crippen MR) is 78.2 cm³/mol. The van der Waals surface area contributed by atoms with Crippen LogP contribution in [0.25, 0.3) is 0 Å². The molecule has 2 atom stereocenters. The Kier molecular flexibility index (Phi) is 3.43. The molecule has 1 aliphatic heterocycles. The highest BCUT2D eigenvalue weighted by atomic mass is 16.6. The van der Waals surface area contributed by atoms with Crippen molar-refractivity contribution >= 4 is 11.9 Å². The summed E-state index contributed by atoms with van der Waals surface area (Å²) in [4.78, 5) is 4.56. The second-order valence-corrected chi connectivity index (χ2v) is 4.88. The van der Waals surface area contributed by atoms with Gasteiger partial charge in [0, 0.05) is 6.21 Å². The summed E-state index contributed by atoms with van der Waals surface area (Å²) in [6.45, 7) is 2.06. The maximum Gasteiger partial charge on any atom is 0.119 e. The average Bonchev–Trinajstić information content (AvgIpc) is 3.15. The minimum absolute atomic E-state index is 0.199. The van der Waals surface area contributed by atoms with Crippen molar-refractivity contribution < 1.29 is 4.74 Å². The average molecular weight is 251 g/mol. The molecule has 1 heterocycles. The molecule has 96 valence electrons. The van der Waals surface area contributed by atoms with Gasteiger partial charge < -0.3 is 4.74 Å². The zero-order valence-corrected chi connectivity index (χ0v) is 11.0. The molecular weight excluding hydrogens is 234 g/mol. The number of rotatable bonds is 4. The van der Waals surface area contributed by atoms with Crippen molar-refractivity contribution in [3.05, 3.63) is 65.7 Å². The topological polar surface area (TPSA) is 24.9 Å². The minimum atomic E-state index is 0.199. The second-order valence-electron chi connectivity index (χ2n) is 4.88. The smallest absolute Gasteiger partial charge is 0.119 e. The highest BCUT2D eigenvalue weighted by molar-refractivity contribution is 5.71. The fourth-order valence-corrected chi connectivity index (χ4v) is 2.11. The lowest BCUT2D eigenvalue weighted by Crippen LogP contribution is -1.92. The van der Waals surface area contributed by atoms with E-state index < -0.39 is 0 Å². The molecule has 0 radical (unpaired) electrons. The summed E-state index contributed by atoms with van der Waals surface area (Å²) >= 11 is 0. The number of ether oxygens (including phenoxy) is 1. The molecule has 2 aromatic rings. The zero-order valence-electron chi connectivity index (χ0n) is 11.0. The van der Waals surface area contributed by atoms with Gasteiger partial charge in [0.25, 0.3) is 0 Å². The Balaban J connectivity index is 1.79. The van der Waals surface area contributed by atoms with Crippen LogP contribution in [0, 0.1) is 0 Å². The maximum atomic E-state index is 5.35. The van der Waals surface area contributed by atoms with Gasteiger partial charge in [0.15, 0.2) is 0 Å². The van der Waals surface area contributed by atoms with E-state index >= 15 is 0 Å². The molecule has 0 amide bonds. The molecule has 2 nitrogen and oxygen atoms in total. The van der Waals surface area contributed by atoms with Gasteiger partial charge in [0.1, 0.15) is 6.10 Å². The lowest BCUT2D eigenvalue weighted by molar-refractivity contribution is 0.408. The summed E-state index contributed by atoms with van der Waals surface area (Å²) in [5.74, 6) is 0. The van der Waals surface area contributed by atoms with Gasteiger partial charge in [0.05, 0.1) is 11.8 Å². The van der Waals surface area contributed by atoms with Crippen LogP contribution in [0.2, 0.25) is 0 Å². The fraction of sp³-hybridized carbons (Fsp3) is 0.235. The summed E-state index contributed by atoms with van der Waals surface area (Å²) in [6, 6.07) is 18.8. The first-order chi connectivity index (χ1) is 9.33. The van der Waals surface area contributed by atoms with Gasteiger partial charge in [-0.15, -0.1) is 0 Å². The molecule has 2 heteroatoms. The van der Waals surface area contributed by atoms with Crippen molar-refractivity contribution in [2.45, 2.75) is 25.6 Å². The van der Waals surface area contributed by atoms with Gasteiger partial charge in [-0.3, -0.25) is 4.99 Å². The van der Waals surface area contributed by atoms with Gasteiger partial charge in [-0.05, 0) is 30.5 Å². The molecule has 1 saturated heterocycles. The molecule has 0 unspecified atom stereocenters. The Morgan fingerprint density at radius 2 is 1.74 bits per heavy atom. The Labute approximate surface area is 113 Å². The van der Waals surface area contributed by atoms with E-state index in [2.05, 4.69) is 54.4 Å². The number of epoxide rings is 1. The van der Waals surface area contributed by atoms with E-state index in [0.29, 0.717) is 6.10 Å². The van der Waals surface area contributed by atoms with Crippen LogP contribution in [-0.2, 0) is 11.2 Å². The van der Waals surface area contributed by atoms with Crippen molar-refractivity contribution in [1.82, 2.24) is 0 Å². The molecule has 0 spiro atoms. The van der Waals surface area contributed by atoms with Crippen LogP contribution >= 0.6 is 0 Å². The van der Waals surface area contributed by atoms with Crippen LogP contribution in [0.15, 0.2) is 59.6 Å². The van der Waals surface area contributed by atoms with E-state index in [4.69, 9.17) is 4.74 Å². The fourth-order valence-electron chi connectivity index (χ4n) is 2.11. The van der Waals surface area contributed by atoms with E-state index in [9.17, 15) is 0 Å². The van der Waals surface area contributed by atoms with Crippen molar-refractivity contribution in [2.24, 2.45) is 4.99 Å². The first kappa shape index (κ1) is 12.1. The van der Waals surface area contributed by atoms with E-state index in [1.54, 1.807) is 0 Å². The summed E-state index contributed by atoms with van der Waals surface area (Å²) in [7, 11) is 0. The van der Waals surface area contributed by atoms with Crippen LogP contribution in [0.1, 0.15) is 18.1 Å². The van der Waals surface area contributed by atoms with Crippen LogP contribution in [0.5, 0.6) is 0 Å². The highest BCUT2D eigenvalue weighted by Crippen LogP contribution is 2.24. The first-order valence-electron chi connectivity index (χ1n) is 6.64. The first-order valence-corrected chi connectivity index (χ1v) is 6.64. The van der Waals surface area contributed by atoms with Gasteiger partial charge in [-0.25, -0.2) is 0 Å². The van der Waals surface area contributed by atoms with E-state index in [-0.39, 0.29) is 6.10 Å². The van der Waals surface area contributed by atoms with Crippen LogP contribution in [-0.4, -0.2) is 18.4 Å². The largest absolute Gasteiger partial charge is 0.364 e. The number of nitrogens with zero attached hydrogens (tertiary/aromatic N) is 1. The number of hydrogen-bond acceptors (Lipinski definition) is 2. The van der Waals surface area contributed by atoms with Crippen molar-refractivity contribution in [1.29, 1.82) is 0 Å². The van der Waals surface area contributed by atoms with Crippen molar-refractivity contribution in [2.75, 3.05) is 0 Å². The SMILES string of the molecule is C[C@@H]1O[C@H]1C=Nc1ccccc1Cc1ccccc1. The van der Waals surface area contributed by atoms with Gasteiger partial charge in [-0.1, -0.05) is 48.5 Å². The van der Waals surface area contributed by atoms with Crippen LogP contribution in [0.3, 0.4) is 0 Å². The van der Waals surface area contributed by atoms with Gasteiger partial charge in [-0.2, -0.15) is 0 Å². The molecule has 1 aliphatic rings. The Morgan fingerprint density at radius 3 is 2.47 bits per heavy atom. The molecule has 0 aromatic heterocycles. The third-order valence-corrected chi connectivity index (χ3v) is 3.35. The molecule has 1 fully saturated rings. The minimum Gasteiger partial charge on any atom is -0.364 e. The number of benzene rings is 2. The molecule has 0 bridgehead atoms. The molecule has 19 heavy (non-hydrogen) atoms. The Bertz CT molecular complexity index is 577.